The predicted molar refractivity (Wildman–Crippen MR) is 146 cm³/mol. The highest BCUT2D eigenvalue weighted by Crippen LogP contribution is 2.38. The van der Waals surface area contributed by atoms with Crippen LogP contribution in [-0.4, -0.2) is 36.0 Å². The average Bonchev–Trinajstić information content (AvgIpc) is 2.91. The molecule has 1 aliphatic carbocycles. The van der Waals surface area contributed by atoms with Crippen molar-refractivity contribution < 1.29 is 4.79 Å². The van der Waals surface area contributed by atoms with Gasteiger partial charge in [-0.1, -0.05) is 78.5 Å². The first-order chi connectivity index (χ1) is 17.1. The molecule has 1 saturated heterocycles. The number of benzene rings is 3. The molecular formula is C30H32Cl2N2O. The lowest BCUT2D eigenvalue weighted by Crippen LogP contribution is -2.51. The molecule has 0 bridgehead atoms. The fourth-order valence-electron chi connectivity index (χ4n) is 5.97. The number of halogens is 2. The maximum absolute atomic E-state index is 13.8. The van der Waals surface area contributed by atoms with Gasteiger partial charge < -0.3 is 4.90 Å². The van der Waals surface area contributed by atoms with Crippen molar-refractivity contribution in [2.75, 3.05) is 18.0 Å². The molecule has 1 heterocycles. The number of hydrogen-bond donors (Lipinski definition) is 0. The van der Waals surface area contributed by atoms with Crippen LogP contribution in [0, 0.1) is 0 Å². The summed E-state index contributed by atoms with van der Waals surface area (Å²) in [7, 11) is 0. The van der Waals surface area contributed by atoms with Crippen molar-refractivity contribution in [3.8, 4) is 0 Å². The monoisotopic (exact) mass is 506 g/mol. The molecule has 1 saturated carbocycles. The molecule has 2 unspecified atom stereocenters. The van der Waals surface area contributed by atoms with Crippen molar-refractivity contribution in [1.82, 2.24) is 4.90 Å². The van der Waals surface area contributed by atoms with Crippen LogP contribution < -0.4 is 4.90 Å². The molecule has 5 rings (SSSR count). The molecule has 2 aliphatic rings. The molecule has 3 nitrogen and oxygen atoms in total. The number of likely N-dealkylation sites (tertiary alicyclic amines) is 1. The Labute approximate surface area is 218 Å². The Kier molecular flexibility index (Phi) is 7.77. The molecule has 5 heteroatoms. The topological polar surface area (TPSA) is 23.6 Å². The molecular weight excluding hydrogens is 475 g/mol. The van der Waals surface area contributed by atoms with Gasteiger partial charge in [0.25, 0.3) is 5.91 Å². The number of anilines is 1. The summed E-state index contributed by atoms with van der Waals surface area (Å²) in [5.74, 6) is 0.551. The number of carbonyl (C=O) groups is 1. The Hall–Kier alpha value is -2.33. The van der Waals surface area contributed by atoms with E-state index >= 15 is 0 Å². The summed E-state index contributed by atoms with van der Waals surface area (Å²) in [5, 5.41) is 1.15. The minimum absolute atomic E-state index is 0.0452. The zero-order chi connectivity index (χ0) is 24.2. The van der Waals surface area contributed by atoms with Crippen molar-refractivity contribution in [1.29, 1.82) is 0 Å². The minimum Gasteiger partial charge on any atom is -0.305 e. The quantitative estimate of drug-likeness (QED) is 0.351. The van der Waals surface area contributed by atoms with E-state index < -0.39 is 0 Å². The average molecular weight is 508 g/mol. The van der Waals surface area contributed by atoms with Crippen LogP contribution in [0.15, 0.2) is 78.9 Å². The molecule has 2 atom stereocenters. The lowest BCUT2D eigenvalue weighted by atomic mass is 9.78. The number of carbonyl (C=O) groups excluding carboxylic acids is 1. The summed E-state index contributed by atoms with van der Waals surface area (Å²) in [6.07, 6.45) is 7.01. The van der Waals surface area contributed by atoms with Gasteiger partial charge in [-0.3, -0.25) is 9.69 Å². The van der Waals surface area contributed by atoms with E-state index in [9.17, 15) is 4.79 Å². The van der Waals surface area contributed by atoms with Crippen molar-refractivity contribution >= 4 is 34.8 Å². The summed E-state index contributed by atoms with van der Waals surface area (Å²) in [6, 6.07) is 26.6. The van der Waals surface area contributed by atoms with E-state index in [1.54, 1.807) is 6.07 Å². The van der Waals surface area contributed by atoms with Crippen molar-refractivity contribution in [2.24, 2.45) is 0 Å². The van der Waals surface area contributed by atoms with Crippen molar-refractivity contribution in [2.45, 2.75) is 56.5 Å². The maximum atomic E-state index is 13.8. The number of amides is 1. The van der Waals surface area contributed by atoms with Gasteiger partial charge in [0.2, 0.25) is 0 Å². The molecule has 3 aromatic carbocycles. The second kappa shape index (κ2) is 11.2. The van der Waals surface area contributed by atoms with E-state index in [2.05, 4.69) is 35.2 Å². The Morgan fingerprint density at radius 1 is 0.771 bits per heavy atom. The third-order valence-electron chi connectivity index (χ3n) is 7.72. The molecule has 0 spiro atoms. The van der Waals surface area contributed by atoms with Crippen LogP contribution in [0.5, 0.6) is 0 Å². The first-order valence-corrected chi connectivity index (χ1v) is 13.5. The van der Waals surface area contributed by atoms with Gasteiger partial charge in [-0.2, -0.15) is 0 Å². The predicted octanol–water partition coefficient (Wildman–Crippen LogP) is 7.83. The SMILES string of the molecule is O=C(c1ccccc1Cl)N(c1ccc(Cl)cc1)C1CCN(C2CCCCC2c2ccccc2)CC1. The lowest BCUT2D eigenvalue weighted by Gasteiger charge is -2.45. The Bertz CT molecular complexity index is 1130. The highest BCUT2D eigenvalue weighted by atomic mass is 35.5. The van der Waals surface area contributed by atoms with Crippen LogP contribution in [0.25, 0.3) is 0 Å². The van der Waals surface area contributed by atoms with Gasteiger partial charge in [0.05, 0.1) is 10.6 Å². The summed E-state index contributed by atoms with van der Waals surface area (Å²) in [5.41, 5.74) is 2.89. The fourth-order valence-corrected chi connectivity index (χ4v) is 6.32. The van der Waals surface area contributed by atoms with Crippen LogP contribution in [0.3, 0.4) is 0 Å². The zero-order valence-electron chi connectivity index (χ0n) is 20.0. The van der Waals surface area contributed by atoms with Gasteiger partial charge >= 0.3 is 0 Å². The second-order valence-electron chi connectivity index (χ2n) is 9.77. The minimum atomic E-state index is -0.0452. The number of nitrogens with zero attached hydrogens (tertiary/aromatic N) is 2. The van der Waals surface area contributed by atoms with Gasteiger partial charge in [0.15, 0.2) is 0 Å². The second-order valence-corrected chi connectivity index (χ2v) is 10.6. The molecule has 0 N–H and O–H groups in total. The van der Waals surface area contributed by atoms with E-state index in [4.69, 9.17) is 23.2 Å². The first-order valence-electron chi connectivity index (χ1n) is 12.7. The van der Waals surface area contributed by atoms with Crippen molar-refractivity contribution in [3.63, 3.8) is 0 Å². The van der Waals surface area contributed by atoms with Gasteiger partial charge in [-0.05, 0) is 73.6 Å². The molecule has 2 fully saturated rings. The fraction of sp³-hybridized carbons (Fsp3) is 0.367. The largest absolute Gasteiger partial charge is 0.305 e. The van der Waals surface area contributed by atoms with E-state index in [1.165, 1.54) is 31.2 Å². The van der Waals surface area contributed by atoms with E-state index in [1.807, 2.05) is 47.4 Å². The van der Waals surface area contributed by atoms with Gasteiger partial charge in [-0.25, -0.2) is 0 Å². The first kappa shape index (κ1) is 24.4. The number of hydrogen-bond acceptors (Lipinski definition) is 2. The summed E-state index contributed by atoms with van der Waals surface area (Å²) in [6.45, 7) is 2.00. The Morgan fingerprint density at radius 2 is 1.43 bits per heavy atom. The van der Waals surface area contributed by atoms with Crippen molar-refractivity contribution in [3.05, 3.63) is 100 Å². The third kappa shape index (κ3) is 5.43. The molecule has 1 amide bonds. The van der Waals surface area contributed by atoms with E-state index in [0.717, 1.165) is 31.6 Å². The molecule has 35 heavy (non-hydrogen) atoms. The molecule has 0 aromatic heterocycles. The van der Waals surface area contributed by atoms with Crippen LogP contribution >= 0.6 is 23.2 Å². The Morgan fingerprint density at radius 3 is 2.14 bits per heavy atom. The van der Waals surface area contributed by atoms with Crippen LogP contribution in [0.1, 0.15) is 60.4 Å². The van der Waals surface area contributed by atoms with Gasteiger partial charge in [0, 0.05) is 35.9 Å². The normalized spacial score (nSPS) is 21.5. The highest BCUT2D eigenvalue weighted by molar-refractivity contribution is 6.34. The van der Waals surface area contributed by atoms with Gasteiger partial charge in [0.1, 0.15) is 0 Å². The van der Waals surface area contributed by atoms with Crippen LogP contribution in [-0.2, 0) is 0 Å². The standard InChI is InChI=1S/C30H32Cl2N2O/c31-23-14-16-24(17-15-23)34(30(35)27-11-4-6-12-28(27)32)25-18-20-33(21-19-25)29-13-7-5-10-26(29)22-8-2-1-3-9-22/h1-4,6,8-9,11-12,14-17,25-26,29H,5,7,10,13,18-21H2. The molecule has 1 aliphatic heterocycles. The van der Waals surface area contributed by atoms with Gasteiger partial charge in [-0.15, -0.1) is 0 Å². The lowest BCUT2D eigenvalue weighted by molar-refractivity contribution is 0.0895. The number of piperidine rings is 1. The summed E-state index contributed by atoms with van der Waals surface area (Å²) in [4.78, 5) is 18.4. The number of rotatable bonds is 5. The highest BCUT2D eigenvalue weighted by Gasteiger charge is 2.36. The third-order valence-corrected chi connectivity index (χ3v) is 8.30. The summed E-state index contributed by atoms with van der Waals surface area (Å²) < 4.78 is 0. The molecule has 0 radical (unpaired) electrons. The Balaban J connectivity index is 1.36. The van der Waals surface area contributed by atoms with Crippen LogP contribution in [0.4, 0.5) is 5.69 Å². The summed E-state index contributed by atoms with van der Waals surface area (Å²) >= 11 is 12.6. The van der Waals surface area contributed by atoms with E-state index in [0.29, 0.717) is 27.6 Å². The maximum Gasteiger partial charge on any atom is 0.260 e. The zero-order valence-corrected chi connectivity index (χ0v) is 21.5. The van der Waals surface area contributed by atoms with Crippen LogP contribution in [0.2, 0.25) is 10.0 Å². The van der Waals surface area contributed by atoms with E-state index in [-0.39, 0.29) is 11.9 Å². The smallest absolute Gasteiger partial charge is 0.260 e. The molecule has 182 valence electrons. The molecule has 3 aromatic rings.